The zero-order valence-electron chi connectivity index (χ0n) is 21.2. The van der Waals surface area contributed by atoms with Crippen LogP contribution in [0.4, 0.5) is 14.5 Å². The lowest BCUT2D eigenvalue weighted by Gasteiger charge is -2.34. The molecule has 12 heteroatoms. The molecule has 0 amide bonds. The molecule has 0 aromatic heterocycles. The van der Waals surface area contributed by atoms with Gasteiger partial charge in [-0.05, 0) is 36.9 Å². The highest BCUT2D eigenvalue weighted by Crippen LogP contribution is 2.23. The maximum Gasteiger partial charge on any atom is 0.304 e. The van der Waals surface area contributed by atoms with Crippen LogP contribution in [0.15, 0.2) is 64.8 Å². The summed E-state index contributed by atoms with van der Waals surface area (Å²) in [6.45, 7) is 7.27. The van der Waals surface area contributed by atoms with Gasteiger partial charge in [-0.1, -0.05) is 30.3 Å². The average molecular weight is 537 g/mol. The summed E-state index contributed by atoms with van der Waals surface area (Å²) >= 11 is 0. The van der Waals surface area contributed by atoms with Crippen molar-refractivity contribution < 1.29 is 21.9 Å². The van der Waals surface area contributed by atoms with Crippen molar-refractivity contribution in [3.8, 4) is 0 Å². The molecule has 9 nitrogen and oxygen atoms in total. The Balaban J connectivity index is 1.76. The molecule has 202 valence electrons. The van der Waals surface area contributed by atoms with Crippen LogP contribution in [0.3, 0.4) is 0 Å². The predicted molar refractivity (Wildman–Crippen MR) is 143 cm³/mol. The first kappa shape index (κ1) is 28.6. The number of hydrogen-bond donors (Lipinski definition) is 0. The smallest absolute Gasteiger partial charge is 0.304 e. The zero-order valence-corrected chi connectivity index (χ0v) is 22.0. The van der Waals surface area contributed by atoms with Crippen LogP contribution >= 0.6 is 0 Å². The van der Waals surface area contributed by atoms with Gasteiger partial charge in [0.1, 0.15) is 0 Å². The minimum absolute atomic E-state index is 0.0789. The predicted octanol–water partition coefficient (Wildman–Crippen LogP) is 2.76. The fourth-order valence-corrected chi connectivity index (χ4v) is 5.18. The van der Waals surface area contributed by atoms with E-state index in [9.17, 15) is 17.2 Å². The van der Waals surface area contributed by atoms with Gasteiger partial charge in [0.05, 0.1) is 12.2 Å². The Morgan fingerprint density at radius 3 is 2.32 bits per heavy atom. The number of likely N-dealkylation sites (N-methyl/N-ethyl adjacent to an activating group) is 2. The third-order valence-corrected chi connectivity index (χ3v) is 7.95. The molecule has 2 aromatic carbocycles. The van der Waals surface area contributed by atoms with Crippen molar-refractivity contribution in [1.82, 2.24) is 14.1 Å². The van der Waals surface area contributed by atoms with Crippen molar-refractivity contribution in [2.75, 3.05) is 64.3 Å². The quantitative estimate of drug-likeness (QED) is 0.237. The molecule has 0 radical (unpaired) electrons. The molecule has 1 fully saturated rings. The third-order valence-electron chi connectivity index (χ3n) is 6.08. The summed E-state index contributed by atoms with van der Waals surface area (Å²) in [5, 5.41) is 7.06. The first-order valence-electron chi connectivity index (χ1n) is 11.9. The molecule has 0 spiro atoms. The van der Waals surface area contributed by atoms with Gasteiger partial charge in [-0.15, -0.1) is 5.10 Å². The van der Waals surface area contributed by atoms with Gasteiger partial charge >= 0.3 is 10.2 Å². The van der Waals surface area contributed by atoms with Crippen molar-refractivity contribution >= 4 is 28.5 Å². The SMILES string of the molecule is C=N/N=C(\OCC(F)F)c1ccc(CN(c2ccccc2)S(=O)(=O)N(C)CCN2CCN(C)CC2)cc1. The summed E-state index contributed by atoms with van der Waals surface area (Å²) in [6, 6.07) is 15.6. The molecule has 37 heavy (non-hydrogen) atoms. The van der Waals surface area contributed by atoms with Gasteiger partial charge < -0.3 is 9.64 Å². The van der Waals surface area contributed by atoms with E-state index in [0.29, 0.717) is 29.9 Å². The Kier molecular flexibility index (Phi) is 10.5. The highest BCUT2D eigenvalue weighted by Gasteiger charge is 2.28. The number of piperazine rings is 1. The maximum atomic E-state index is 13.7. The van der Waals surface area contributed by atoms with Gasteiger partial charge in [0.25, 0.3) is 6.43 Å². The molecule has 3 rings (SSSR count). The number of para-hydroxylation sites is 1. The minimum Gasteiger partial charge on any atom is -0.470 e. The van der Waals surface area contributed by atoms with E-state index >= 15 is 0 Å². The van der Waals surface area contributed by atoms with Crippen LogP contribution in [0, 0.1) is 0 Å². The fraction of sp³-hybridized carbons (Fsp3) is 0.440. The average Bonchev–Trinajstić information content (AvgIpc) is 2.90. The highest BCUT2D eigenvalue weighted by molar-refractivity contribution is 7.90. The molecule has 0 atom stereocenters. The van der Waals surface area contributed by atoms with E-state index in [1.54, 1.807) is 55.6 Å². The number of rotatable bonds is 12. The monoisotopic (exact) mass is 536 g/mol. The molecule has 0 saturated carbocycles. The lowest BCUT2D eigenvalue weighted by Crippen LogP contribution is -2.49. The van der Waals surface area contributed by atoms with Gasteiger partial charge in [0, 0.05) is 58.6 Å². The second-order valence-electron chi connectivity index (χ2n) is 8.76. The number of ether oxygens (including phenoxy) is 1. The maximum absolute atomic E-state index is 13.7. The van der Waals surface area contributed by atoms with Gasteiger partial charge in [-0.25, -0.2) is 8.78 Å². The van der Waals surface area contributed by atoms with E-state index in [1.165, 1.54) is 8.61 Å². The third kappa shape index (κ3) is 8.29. The van der Waals surface area contributed by atoms with E-state index in [2.05, 4.69) is 33.8 Å². The zero-order chi connectivity index (χ0) is 26.8. The van der Waals surface area contributed by atoms with Crippen LogP contribution in [0.25, 0.3) is 0 Å². The van der Waals surface area contributed by atoms with Crippen LogP contribution in [0.5, 0.6) is 0 Å². The van der Waals surface area contributed by atoms with Crippen LogP contribution < -0.4 is 4.31 Å². The molecule has 1 aliphatic heterocycles. The van der Waals surface area contributed by atoms with Crippen molar-refractivity contribution in [3.63, 3.8) is 0 Å². The number of hydrogen-bond acceptors (Lipinski definition) is 7. The molecule has 0 unspecified atom stereocenters. The summed E-state index contributed by atoms with van der Waals surface area (Å²) in [5.41, 5.74) is 1.66. The molecule has 1 saturated heterocycles. The van der Waals surface area contributed by atoms with Gasteiger partial charge in [-0.3, -0.25) is 9.21 Å². The Bertz CT molecular complexity index is 1120. The molecular formula is C25H34F2N6O3S. The Labute approximate surface area is 217 Å². The van der Waals surface area contributed by atoms with Gasteiger partial charge in [0.15, 0.2) is 6.61 Å². The topological polar surface area (TPSA) is 81.0 Å². The molecule has 1 heterocycles. The van der Waals surface area contributed by atoms with E-state index in [0.717, 1.165) is 26.2 Å². The minimum atomic E-state index is -3.84. The highest BCUT2D eigenvalue weighted by atomic mass is 32.2. The molecule has 1 aliphatic rings. The Morgan fingerprint density at radius 1 is 1.08 bits per heavy atom. The largest absolute Gasteiger partial charge is 0.470 e. The molecule has 0 bridgehead atoms. The van der Waals surface area contributed by atoms with Crippen LogP contribution in [-0.4, -0.2) is 102 Å². The second-order valence-corrected chi connectivity index (χ2v) is 10.7. The van der Waals surface area contributed by atoms with Crippen molar-refractivity contribution in [2.24, 2.45) is 10.2 Å². The van der Waals surface area contributed by atoms with Crippen LogP contribution in [0.1, 0.15) is 11.1 Å². The summed E-state index contributed by atoms with van der Waals surface area (Å²) in [6.07, 6.45) is -2.66. The van der Waals surface area contributed by atoms with E-state index in [1.807, 2.05) is 6.07 Å². The number of anilines is 1. The number of halogens is 2. The molecule has 2 aromatic rings. The van der Waals surface area contributed by atoms with Crippen molar-refractivity contribution in [3.05, 3.63) is 65.7 Å². The standard InChI is InChI=1S/C25H34F2N6O3S/c1-28-29-25(36-20-24(26)27)22-11-9-21(10-12-22)19-33(23-7-5-4-6-8-23)37(34,35)31(3)15-18-32-16-13-30(2)14-17-32/h4-12,24H,1,13-20H2,2-3H3/b29-25-. The van der Waals surface area contributed by atoms with Crippen LogP contribution in [-0.2, 0) is 21.5 Å². The van der Waals surface area contributed by atoms with E-state index in [-0.39, 0.29) is 12.4 Å². The van der Waals surface area contributed by atoms with E-state index < -0.39 is 23.2 Å². The first-order chi connectivity index (χ1) is 17.7. The van der Waals surface area contributed by atoms with Crippen LogP contribution in [0.2, 0.25) is 0 Å². The lowest BCUT2D eigenvalue weighted by atomic mass is 10.1. The van der Waals surface area contributed by atoms with Crippen molar-refractivity contribution in [1.29, 1.82) is 0 Å². The normalized spacial score (nSPS) is 15.8. The second kappa shape index (κ2) is 13.6. The molecule has 0 N–H and O–H groups in total. The summed E-state index contributed by atoms with van der Waals surface area (Å²) in [5.74, 6) is -0.0852. The number of benzene rings is 2. The Hall–Kier alpha value is -2.93. The Morgan fingerprint density at radius 2 is 1.73 bits per heavy atom. The van der Waals surface area contributed by atoms with Gasteiger partial charge in [-0.2, -0.15) is 17.8 Å². The summed E-state index contributed by atoms with van der Waals surface area (Å²) in [4.78, 5) is 4.53. The lowest BCUT2D eigenvalue weighted by molar-refractivity contribution is 0.0765. The number of alkyl halides is 2. The summed E-state index contributed by atoms with van der Waals surface area (Å²) in [7, 11) is -0.168. The van der Waals surface area contributed by atoms with Crippen molar-refractivity contribution in [2.45, 2.75) is 13.0 Å². The molecular weight excluding hydrogens is 502 g/mol. The summed E-state index contributed by atoms with van der Waals surface area (Å²) < 4.78 is 60.3. The number of nitrogens with zero attached hydrogens (tertiary/aromatic N) is 6. The fourth-order valence-electron chi connectivity index (χ4n) is 3.83. The van der Waals surface area contributed by atoms with Gasteiger partial charge in [0.2, 0.25) is 5.90 Å². The first-order valence-corrected chi connectivity index (χ1v) is 13.3. The van der Waals surface area contributed by atoms with E-state index in [4.69, 9.17) is 4.74 Å². The molecule has 0 aliphatic carbocycles.